The third-order valence-corrected chi connectivity index (χ3v) is 2.71. The highest BCUT2D eigenvalue weighted by atomic mass is 19.1. The Hall–Kier alpha value is -2.42. The van der Waals surface area contributed by atoms with Gasteiger partial charge in [-0.15, -0.1) is 0 Å². The van der Waals surface area contributed by atoms with Crippen LogP contribution in [0.3, 0.4) is 0 Å². The minimum absolute atomic E-state index is 0.241. The first-order valence-corrected chi connectivity index (χ1v) is 5.95. The van der Waals surface area contributed by atoms with Gasteiger partial charge in [0, 0.05) is 11.8 Å². The molecule has 0 saturated carbocycles. The number of carbonyl (C=O) groups is 1. The van der Waals surface area contributed by atoms with E-state index in [-0.39, 0.29) is 11.7 Å². The molecule has 2 aromatic rings. The van der Waals surface area contributed by atoms with Gasteiger partial charge in [0.15, 0.2) is 0 Å². The lowest BCUT2D eigenvalue weighted by Gasteiger charge is -2.02. The smallest absolute Gasteiger partial charge is 0.248 e. The van der Waals surface area contributed by atoms with Crippen molar-refractivity contribution < 1.29 is 9.18 Å². The van der Waals surface area contributed by atoms with Crippen LogP contribution in [0, 0.1) is 12.7 Å². The van der Waals surface area contributed by atoms with Crippen molar-refractivity contribution in [3.05, 3.63) is 71.6 Å². The number of halogens is 1. The highest BCUT2D eigenvalue weighted by Gasteiger charge is 1.98. The van der Waals surface area contributed by atoms with Crippen LogP contribution >= 0.6 is 0 Å². The van der Waals surface area contributed by atoms with Gasteiger partial charge in [-0.3, -0.25) is 4.79 Å². The predicted octanol–water partition coefficient (Wildman–Crippen LogP) is 3.79. The Morgan fingerprint density at radius 3 is 2.47 bits per heavy atom. The molecule has 2 aromatic carbocycles. The van der Waals surface area contributed by atoms with E-state index in [2.05, 4.69) is 5.32 Å². The van der Waals surface area contributed by atoms with Gasteiger partial charge in [-0.1, -0.05) is 24.3 Å². The number of amides is 1. The maximum Gasteiger partial charge on any atom is 0.248 e. The van der Waals surface area contributed by atoms with Crippen molar-refractivity contribution in [1.29, 1.82) is 0 Å². The lowest BCUT2D eigenvalue weighted by atomic mass is 10.1. The molecule has 1 amide bonds. The Labute approximate surface area is 111 Å². The van der Waals surface area contributed by atoms with Gasteiger partial charge in [0.1, 0.15) is 5.82 Å². The quantitative estimate of drug-likeness (QED) is 0.831. The van der Waals surface area contributed by atoms with Gasteiger partial charge in [-0.25, -0.2) is 4.39 Å². The number of benzene rings is 2. The molecule has 0 aliphatic rings. The fraction of sp³-hybridized carbons (Fsp3) is 0.0625. The molecule has 0 radical (unpaired) electrons. The Bertz CT molecular complexity index is 602. The second-order valence-electron chi connectivity index (χ2n) is 4.19. The fourth-order valence-corrected chi connectivity index (χ4v) is 1.66. The lowest BCUT2D eigenvalue weighted by molar-refractivity contribution is -0.111. The first-order chi connectivity index (χ1) is 9.15. The molecule has 0 atom stereocenters. The van der Waals surface area contributed by atoms with E-state index < -0.39 is 0 Å². The third-order valence-electron chi connectivity index (χ3n) is 2.71. The summed E-state index contributed by atoms with van der Waals surface area (Å²) in [7, 11) is 0. The molecule has 19 heavy (non-hydrogen) atoms. The Morgan fingerprint density at radius 1 is 1.11 bits per heavy atom. The third kappa shape index (κ3) is 3.78. The molecule has 0 aliphatic heterocycles. The standard InChI is InChI=1S/C16H14FNO/c1-12-4-2-3-5-13(12)6-11-16(19)18-15-9-7-14(17)8-10-15/h2-11H,1H3,(H,18,19)/b11-6+. The average molecular weight is 255 g/mol. The van der Waals surface area contributed by atoms with Crippen LogP contribution in [0.15, 0.2) is 54.6 Å². The molecule has 0 bridgehead atoms. The molecular weight excluding hydrogens is 241 g/mol. The maximum absolute atomic E-state index is 12.7. The van der Waals surface area contributed by atoms with Gasteiger partial charge in [-0.05, 0) is 48.4 Å². The fourth-order valence-electron chi connectivity index (χ4n) is 1.66. The average Bonchev–Trinajstić information content (AvgIpc) is 2.40. The monoisotopic (exact) mass is 255 g/mol. The second-order valence-corrected chi connectivity index (χ2v) is 4.19. The van der Waals surface area contributed by atoms with Crippen molar-refractivity contribution in [2.24, 2.45) is 0 Å². The van der Waals surface area contributed by atoms with E-state index >= 15 is 0 Å². The number of aryl methyl sites for hydroxylation is 1. The summed E-state index contributed by atoms with van der Waals surface area (Å²) in [5, 5.41) is 2.67. The van der Waals surface area contributed by atoms with Crippen molar-refractivity contribution >= 4 is 17.7 Å². The van der Waals surface area contributed by atoms with Crippen LogP contribution in [-0.2, 0) is 4.79 Å². The number of rotatable bonds is 3. The van der Waals surface area contributed by atoms with Gasteiger partial charge in [0.2, 0.25) is 5.91 Å². The molecule has 0 fully saturated rings. The topological polar surface area (TPSA) is 29.1 Å². The summed E-state index contributed by atoms with van der Waals surface area (Å²) in [6.45, 7) is 1.98. The summed E-state index contributed by atoms with van der Waals surface area (Å²) in [5.41, 5.74) is 2.67. The van der Waals surface area contributed by atoms with E-state index in [1.54, 1.807) is 6.08 Å². The van der Waals surface area contributed by atoms with Crippen LogP contribution in [0.4, 0.5) is 10.1 Å². The Kier molecular flexibility index (Phi) is 4.08. The maximum atomic E-state index is 12.7. The van der Waals surface area contributed by atoms with Crippen molar-refractivity contribution in [3.63, 3.8) is 0 Å². The van der Waals surface area contributed by atoms with Crippen LogP contribution in [-0.4, -0.2) is 5.91 Å². The van der Waals surface area contributed by atoms with Crippen molar-refractivity contribution in [2.75, 3.05) is 5.32 Å². The predicted molar refractivity (Wildman–Crippen MR) is 75.2 cm³/mol. The van der Waals surface area contributed by atoms with E-state index in [9.17, 15) is 9.18 Å². The summed E-state index contributed by atoms with van der Waals surface area (Å²) < 4.78 is 12.7. The second kappa shape index (κ2) is 5.96. The van der Waals surface area contributed by atoms with E-state index in [0.29, 0.717) is 5.69 Å². The molecule has 0 heterocycles. The van der Waals surface area contributed by atoms with Crippen LogP contribution in [0.25, 0.3) is 6.08 Å². The number of nitrogens with one attached hydrogen (secondary N) is 1. The number of anilines is 1. The summed E-state index contributed by atoms with van der Waals surface area (Å²) in [4.78, 5) is 11.7. The largest absolute Gasteiger partial charge is 0.323 e. The highest BCUT2D eigenvalue weighted by molar-refractivity contribution is 6.01. The Balaban J connectivity index is 2.02. The summed E-state index contributed by atoms with van der Waals surface area (Å²) in [6, 6.07) is 13.5. The SMILES string of the molecule is Cc1ccccc1/C=C/C(=O)Nc1ccc(F)cc1. The zero-order chi connectivity index (χ0) is 13.7. The molecule has 96 valence electrons. The molecular formula is C16H14FNO. The molecule has 2 rings (SSSR count). The van der Waals surface area contributed by atoms with Gasteiger partial charge in [-0.2, -0.15) is 0 Å². The van der Waals surface area contributed by atoms with Gasteiger partial charge < -0.3 is 5.32 Å². The molecule has 3 heteroatoms. The van der Waals surface area contributed by atoms with E-state index in [4.69, 9.17) is 0 Å². The van der Waals surface area contributed by atoms with Crippen LogP contribution in [0.2, 0.25) is 0 Å². The molecule has 0 aromatic heterocycles. The van der Waals surface area contributed by atoms with E-state index in [1.165, 1.54) is 30.3 Å². The number of hydrogen-bond acceptors (Lipinski definition) is 1. The molecule has 0 aliphatic carbocycles. The molecule has 1 N–H and O–H groups in total. The minimum atomic E-state index is -0.326. The van der Waals surface area contributed by atoms with Crippen molar-refractivity contribution in [3.8, 4) is 0 Å². The molecule has 0 saturated heterocycles. The van der Waals surface area contributed by atoms with Gasteiger partial charge in [0.25, 0.3) is 0 Å². The van der Waals surface area contributed by atoms with Crippen molar-refractivity contribution in [2.45, 2.75) is 6.92 Å². The van der Waals surface area contributed by atoms with E-state index in [1.807, 2.05) is 31.2 Å². The molecule has 0 spiro atoms. The van der Waals surface area contributed by atoms with E-state index in [0.717, 1.165) is 11.1 Å². The van der Waals surface area contributed by atoms with Gasteiger partial charge in [0.05, 0.1) is 0 Å². The number of carbonyl (C=O) groups excluding carboxylic acids is 1. The van der Waals surface area contributed by atoms with Crippen LogP contribution in [0.5, 0.6) is 0 Å². The summed E-state index contributed by atoms with van der Waals surface area (Å²) >= 11 is 0. The summed E-state index contributed by atoms with van der Waals surface area (Å²) in [5.74, 6) is -0.566. The lowest BCUT2D eigenvalue weighted by Crippen LogP contribution is -2.07. The normalized spacial score (nSPS) is 10.6. The Morgan fingerprint density at radius 2 is 1.79 bits per heavy atom. The zero-order valence-corrected chi connectivity index (χ0v) is 10.6. The number of hydrogen-bond donors (Lipinski definition) is 1. The minimum Gasteiger partial charge on any atom is -0.323 e. The van der Waals surface area contributed by atoms with Gasteiger partial charge >= 0.3 is 0 Å². The first-order valence-electron chi connectivity index (χ1n) is 5.95. The highest BCUT2D eigenvalue weighted by Crippen LogP contribution is 2.10. The molecule has 0 unspecified atom stereocenters. The van der Waals surface area contributed by atoms with Crippen LogP contribution in [0.1, 0.15) is 11.1 Å². The van der Waals surface area contributed by atoms with Crippen molar-refractivity contribution in [1.82, 2.24) is 0 Å². The first kappa shape index (κ1) is 13.0. The molecule has 2 nitrogen and oxygen atoms in total. The summed E-state index contributed by atoms with van der Waals surface area (Å²) in [6.07, 6.45) is 3.22. The van der Waals surface area contributed by atoms with Crippen LogP contribution < -0.4 is 5.32 Å². The zero-order valence-electron chi connectivity index (χ0n) is 10.6.